The van der Waals surface area contributed by atoms with Gasteiger partial charge in [-0.15, -0.1) is 16.9 Å². The smallest absolute Gasteiger partial charge is 0.320 e. The molecule has 2 aromatic rings. The molecule has 1 aromatic heterocycles. The highest BCUT2D eigenvalue weighted by Gasteiger charge is 2.12. The number of rotatable bonds is 5. The number of benzene rings is 1. The minimum Gasteiger partial charge on any atom is -0.406 e. The Morgan fingerprint density at radius 1 is 1.25 bits per heavy atom. The Kier molecular flexibility index (Phi) is 4.67. The van der Waals surface area contributed by atoms with Crippen LogP contribution in [0.25, 0.3) is 0 Å². The van der Waals surface area contributed by atoms with Gasteiger partial charge < -0.3 is 15.1 Å². The van der Waals surface area contributed by atoms with E-state index >= 15 is 0 Å². The molecule has 0 bridgehead atoms. The number of nitrogens with zero attached hydrogens (tertiary/aromatic N) is 2. The summed E-state index contributed by atoms with van der Waals surface area (Å²) in [6.07, 6.45) is 2.04. The molecule has 5 nitrogen and oxygen atoms in total. The summed E-state index contributed by atoms with van der Waals surface area (Å²) in [6.45, 7) is 6.84. The van der Waals surface area contributed by atoms with E-state index in [1.165, 1.54) is 4.90 Å². The maximum Gasteiger partial charge on any atom is 0.320 e. The number of hydrogen-bond donors (Lipinski definition) is 2. The predicted octanol–water partition coefficient (Wildman–Crippen LogP) is 3.42. The Balaban J connectivity index is 1.98. The average Bonchev–Trinajstić information content (AvgIpc) is 2.83. The van der Waals surface area contributed by atoms with E-state index in [0.717, 1.165) is 5.69 Å². The molecule has 0 fully saturated rings. The van der Waals surface area contributed by atoms with Crippen LogP contribution in [0.3, 0.4) is 0 Å². The van der Waals surface area contributed by atoms with Crippen LogP contribution in [0, 0.1) is 0 Å². The highest BCUT2D eigenvalue weighted by molar-refractivity contribution is 7.98. The van der Waals surface area contributed by atoms with Crippen molar-refractivity contribution >= 4 is 23.5 Å². The van der Waals surface area contributed by atoms with Gasteiger partial charge in [0.25, 0.3) is 0 Å². The molecule has 0 amide bonds. The summed E-state index contributed by atoms with van der Waals surface area (Å²) >= 11 is 1.69. The maximum atomic E-state index is 5.55. The van der Waals surface area contributed by atoms with Gasteiger partial charge in [0.2, 0.25) is 5.89 Å². The third-order valence-electron chi connectivity index (χ3n) is 2.56. The van der Waals surface area contributed by atoms with E-state index in [0.29, 0.717) is 18.5 Å². The molecule has 0 atom stereocenters. The molecule has 1 heterocycles. The lowest BCUT2D eigenvalue weighted by atomic mass is 10.1. The second kappa shape index (κ2) is 6.28. The summed E-state index contributed by atoms with van der Waals surface area (Å²) in [4.78, 5) is 1.18. The predicted molar refractivity (Wildman–Crippen MR) is 82.4 cm³/mol. The first kappa shape index (κ1) is 14.9. The number of anilines is 2. The fraction of sp³-hybridized carbons (Fsp3) is 0.429. The van der Waals surface area contributed by atoms with Gasteiger partial charge in [0, 0.05) is 16.1 Å². The fourth-order valence-electron chi connectivity index (χ4n) is 1.54. The van der Waals surface area contributed by atoms with Crippen molar-refractivity contribution in [3.8, 4) is 0 Å². The van der Waals surface area contributed by atoms with Gasteiger partial charge in [0.05, 0.1) is 6.54 Å². The van der Waals surface area contributed by atoms with E-state index in [1.807, 2.05) is 24.5 Å². The van der Waals surface area contributed by atoms with Crippen molar-refractivity contribution in [3.63, 3.8) is 0 Å². The van der Waals surface area contributed by atoms with E-state index in [2.05, 4.69) is 47.7 Å². The summed E-state index contributed by atoms with van der Waals surface area (Å²) < 4.78 is 5.55. The lowest BCUT2D eigenvalue weighted by molar-refractivity contribution is 0.384. The van der Waals surface area contributed by atoms with E-state index in [4.69, 9.17) is 4.42 Å². The monoisotopic (exact) mass is 292 g/mol. The second-order valence-corrected chi connectivity index (χ2v) is 6.34. The van der Waals surface area contributed by atoms with E-state index in [-0.39, 0.29) is 5.54 Å². The molecular formula is C14H20N4OS. The zero-order chi connectivity index (χ0) is 14.6. The number of thioether (sulfide) groups is 1. The summed E-state index contributed by atoms with van der Waals surface area (Å²) in [5, 5.41) is 14.4. The van der Waals surface area contributed by atoms with Crippen molar-refractivity contribution in [2.75, 3.05) is 11.6 Å². The molecule has 0 aliphatic carbocycles. The Hall–Kier alpha value is -1.53. The van der Waals surface area contributed by atoms with Crippen LogP contribution >= 0.6 is 11.8 Å². The summed E-state index contributed by atoms with van der Waals surface area (Å²) in [6, 6.07) is 8.47. The molecule has 0 aliphatic heterocycles. The minimum absolute atomic E-state index is 0.0226. The van der Waals surface area contributed by atoms with Crippen LogP contribution in [0.5, 0.6) is 0 Å². The van der Waals surface area contributed by atoms with Crippen LogP contribution in [0.15, 0.2) is 33.6 Å². The lowest BCUT2D eigenvalue weighted by Crippen LogP contribution is -2.35. The van der Waals surface area contributed by atoms with Crippen molar-refractivity contribution in [2.24, 2.45) is 0 Å². The van der Waals surface area contributed by atoms with Crippen molar-refractivity contribution in [2.45, 2.75) is 37.8 Å². The highest BCUT2D eigenvalue weighted by Crippen LogP contribution is 2.21. The van der Waals surface area contributed by atoms with Gasteiger partial charge in [-0.3, -0.25) is 0 Å². The first-order valence-electron chi connectivity index (χ1n) is 6.45. The molecule has 2 rings (SSSR count). The molecule has 0 radical (unpaired) electrons. The third kappa shape index (κ3) is 4.54. The Morgan fingerprint density at radius 2 is 2.05 bits per heavy atom. The molecule has 0 spiro atoms. The van der Waals surface area contributed by atoms with Crippen molar-refractivity contribution in [1.29, 1.82) is 0 Å². The number of hydrogen-bond acceptors (Lipinski definition) is 6. The average molecular weight is 292 g/mol. The van der Waals surface area contributed by atoms with Crippen LogP contribution in [0.1, 0.15) is 26.7 Å². The quantitative estimate of drug-likeness (QED) is 0.823. The molecule has 0 saturated heterocycles. The Labute approximate surface area is 123 Å². The van der Waals surface area contributed by atoms with Crippen molar-refractivity contribution in [3.05, 3.63) is 30.2 Å². The van der Waals surface area contributed by atoms with Gasteiger partial charge >= 0.3 is 6.01 Å². The van der Waals surface area contributed by atoms with Crippen molar-refractivity contribution in [1.82, 2.24) is 15.5 Å². The van der Waals surface area contributed by atoms with E-state index in [1.54, 1.807) is 11.8 Å². The maximum absolute atomic E-state index is 5.55. The normalized spacial score (nSPS) is 11.6. The van der Waals surface area contributed by atoms with Crippen LogP contribution in [-0.4, -0.2) is 22.0 Å². The SMILES string of the molecule is CSc1cccc(Nc2nnc(CNC(C)(C)C)o2)c1. The highest BCUT2D eigenvalue weighted by atomic mass is 32.2. The summed E-state index contributed by atoms with van der Waals surface area (Å²) in [5.74, 6) is 0.573. The van der Waals surface area contributed by atoms with E-state index in [9.17, 15) is 0 Å². The van der Waals surface area contributed by atoms with Crippen LogP contribution in [0.4, 0.5) is 11.7 Å². The fourth-order valence-corrected chi connectivity index (χ4v) is 2.00. The van der Waals surface area contributed by atoms with Gasteiger partial charge in [-0.25, -0.2) is 0 Å². The summed E-state index contributed by atoms with van der Waals surface area (Å²) in [5.41, 5.74) is 0.963. The van der Waals surface area contributed by atoms with Gasteiger partial charge in [0.15, 0.2) is 0 Å². The Bertz CT molecular complexity index is 562. The van der Waals surface area contributed by atoms with E-state index < -0.39 is 0 Å². The molecule has 2 N–H and O–H groups in total. The third-order valence-corrected chi connectivity index (χ3v) is 3.28. The zero-order valence-corrected chi connectivity index (χ0v) is 13.0. The first-order valence-corrected chi connectivity index (χ1v) is 7.67. The second-order valence-electron chi connectivity index (χ2n) is 5.46. The summed E-state index contributed by atoms with van der Waals surface area (Å²) in [7, 11) is 0. The van der Waals surface area contributed by atoms with Gasteiger partial charge in [0.1, 0.15) is 0 Å². The minimum atomic E-state index is 0.0226. The van der Waals surface area contributed by atoms with Crippen molar-refractivity contribution < 1.29 is 4.42 Å². The largest absolute Gasteiger partial charge is 0.406 e. The standard InChI is InChI=1S/C14H20N4OS/c1-14(2,3)15-9-12-17-18-13(19-12)16-10-6-5-7-11(8-10)20-4/h5-8,15H,9H2,1-4H3,(H,16,18). The Morgan fingerprint density at radius 3 is 2.75 bits per heavy atom. The topological polar surface area (TPSA) is 63.0 Å². The molecular weight excluding hydrogens is 272 g/mol. The molecule has 0 aliphatic rings. The van der Waals surface area contributed by atoms with Gasteiger partial charge in [-0.05, 0) is 45.2 Å². The molecule has 0 unspecified atom stereocenters. The van der Waals surface area contributed by atoms with Crippen LogP contribution < -0.4 is 10.6 Å². The number of nitrogens with one attached hydrogen (secondary N) is 2. The van der Waals surface area contributed by atoms with Crippen LogP contribution in [0.2, 0.25) is 0 Å². The van der Waals surface area contributed by atoms with Gasteiger partial charge in [-0.1, -0.05) is 11.2 Å². The molecule has 0 saturated carbocycles. The molecule has 108 valence electrons. The molecule has 1 aromatic carbocycles. The van der Waals surface area contributed by atoms with Crippen LogP contribution in [-0.2, 0) is 6.54 Å². The first-order chi connectivity index (χ1) is 9.46. The van der Waals surface area contributed by atoms with Gasteiger partial charge in [-0.2, -0.15) is 0 Å². The molecule has 20 heavy (non-hydrogen) atoms. The lowest BCUT2D eigenvalue weighted by Gasteiger charge is -2.18. The zero-order valence-electron chi connectivity index (χ0n) is 12.2. The molecule has 6 heteroatoms. The number of aromatic nitrogens is 2.